The van der Waals surface area contributed by atoms with E-state index in [0.717, 1.165) is 35.0 Å². The van der Waals surface area contributed by atoms with E-state index in [2.05, 4.69) is 20.7 Å². The van der Waals surface area contributed by atoms with Gasteiger partial charge >= 0.3 is 5.56 Å². The van der Waals surface area contributed by atoms with Crippen LogP contribution in [0.25, 0.3) is 0 Å². The van der Waals surface area contributed by atoms with E-state index in [1.807, 2.05) is 31.2 Å². The number of benzene rings is 2. The zero-order chi connectivity index (χ0) is 20.1. The van der Waals surface area contributed by atoms with Crippen molar-refractivity contribution in [1.82, 2.24) is 20.4 Å². The van der Waals surface area contributed by atoms with Gasteiger partial charge in [0.25, 0.3) is 5.91 Å². The van der Waals surface area contributed by atoms with Crippen molar-refractivity contribution in [3.05, 3.63) is 86.8 Å². The number of carbonyl (C=O) groups is 1. The third-order valence-corrected chi connectivity index (χ3v) is 4.02. The molecule has 0 unspecified atom stereocenters. The molecule has 0 aliphatic heterocycles. The molecule has 3 aromatic rings. The zero-order valence-electron chi connectivity index (χ0n) is 14.9. The minimum Gasteiger partial charge on any atom is -0.346 e. The predicted octanol–water partition coefficient (Wildman–Crippen LogP) is 2.22. The van der Waals surface area contributed by atoms with E-state index in [9.17, 15) is 18.4 Å². The van der Waals surface area contributed by atoms with Gasteiger partial charge in [-0.3, -0.25) is 9.59 Å². The summed E-state index contributed by atoms with van der Waals surface area (Å²) in [5.74, 6) is -2.12. The molecule has 3 rings (SSSR count). The molecule has 0 bridgehead atoms. The van der Waals surface area contributed by atoms with E-state index >= 15 is 0 Å². The number of aryl methyl sites for hydroxylation is 1. The van der Waals surface area contributed by atoms with Crippen LogP contribution < -0.4 is 10.9 Å². The Morgan fingerprint density at radius 2 is 2.00 bits per heavy atom. The van der Waals surface area contributed by atoms with Crippen LogP contribution >= 0.6 is 0 Å². The number of H-pyrrole nitrogens is 1. The van der Waals surface area contributed by atoms with Gasteiger partial charge in [0.15, 0.2) is 0 Å². The summed E-state index contributed by atoms with van der Waals surface area (Å²) >= 11 is 0. The molecule has 0 saturated heterocycles. The van der Waals surface area contributed by atoms with Gasteiger partial charge in [0.2, 0.25) is 5.69 Å². The molecule has 0 spiro atoms. The van der Waals surface area contributed by atoms with Crippen LogP contribution in [0.2, 0.25) is 0 Å². The Bertz CT molecular complexity index is 1070. The number of rotatable bonds is 6. The van der Waals surface area contributed by atoms with Crippen LogP contribution in [0, 0.1) is 11.6 Å². The van der Waals surface area contributed by atoms with Crippen molar-refractivity contribution < 1.29 is 13.6 Å². The van der Waals surface area contributed by atoms with Crippen LogP contribution in [-0.4, -0.2) is 27.2 Å². The Hall–Kier alpha value is -3.62. The summed E-state index contributed by atoms with van der Waals surface area (Å²) in [6.45, 7) is 1.75. The molecule has 1 amide bonds. The van der Waals surface area contributed by atoms with Crippen LogP contribution in [0.1, 0.15) is 34.1 Å². The Labute approximate surface area is 158 Å². The Balaban J connectivity index is 1.69. The smallest absolute Gasteiger partial charge is 0.320 e. The number of carbonyl (C=O) groups excluding carboxylic acids is 1. The average Bonchev–Trinajstić information content (AvgIpc) is 3.07. The van der Waals surface area contributed by atoms with Crippen molar-refractivity contribution in [2.45, 2.75) is 19.9 Å². The van der Waals surface area contributed by atoms with Crippen molar-refractivity contribution in [2.24, 2.45) is 5.10 Å². The van der Waals surface area contributed by atoms with Crippen molar-refractivity contribution in [1.29, 1.82) is 0 Å². The van der Waals surface area contributed by atoms with E-state index < -0.39 is 28.8 Å². The maximum atomic E-state index is 13.6. The molecule has 28 heavy (non-hydrogen) atoms. The van der Waals surface area contributed by atoms with Gasteiger partial charge < -0.3 is 5.32 Å². The molecule has 7 nitrogen and oxygen atoms in total. The molecule has 9 heteroatoms. The van der Waals surface area contributed by atoms with Gasteiger partial charge in [0, 0.05) is 12.1 Å². The number of aromatic amines is 1. The number of halogens is 2. The maximum absolute atomic E-state index is 13.6. The maximum Gasteiger partial charge on any atom is 0.320 e. The van der Waals surface area contributed by atoms with E-state index in [1.54, 1.807) is 0 Å². The van der Waals surface area contributed by atoms with E-state index in [-0.39, 0.29) is 12.1 Å². The number of hydrogen-bond donors (Lipinski definition) is 2. The summed E-state index contributed by atoms with van der Waals surface area (Å²) in [5, 5.41) is 12.2. The zero-order valence-corrected chi connectivity index (χ0v) is 14.9. The number of amides is 1. The van der Waals surface area contributed by atoms with Gasteiger partial charge in [0.05, 0.1) is 6.21 Å². The molecule has 0 saturated carbocycles. The van der Waals surface area contributed by atoms with Crippen LogP contribution in [0.4, 0.5) is 8.78 Å². The molecule has 2 N–H and O–H groups in total. The third kappa shape index (κ3) is 4.37. The van der Waals surface area contributed by atoms with Gasteiger partial charge in [-0.15, -0.1) is 9.89 Å². The number of hydrogen-bond acceptors (Lipinski definition) is 4. The monoisotopic (exact) mass is 385 g/mol. The van der Waals surface area contributed by atoms with Crippen LogP contribution in [0.5, 0.6) is 0 Å². The number of aromatic nitrogens is 3. The Morgan fingerprint density at radius 3 is 2.71 bits per heavy atom. The van der Waals surface area contributed by atoms with Gasteiger partial charge in [-0.25, -0.2) is 8.78 Å². The first-order valence-corrected chi connectivity index (χ1v) is 8.50. The first-order chi connectivity index (χ1) is 13.5. The predicted molar refractivity (Wildman–Crippen MR) is 99.2 cm³/mol. The third-order valence-electron chi connectivity index (χ3n) is 4.02. The summed E-state index contributed by atoms with van der Waals surface area (Å²) in [6, 6.07) is 10.5. The van der Waals surface area contributed by atoms with Crippen molar-refractivity contribution in [2.75, 3.05) is 0 Å². The minimum absolute atomic E-state index is 0.0437. The second-order valence-electron chi connectivity index (χ2n) is 5.94. The lowest BCUT2D eigenvalue weighted by Gasteiger charge is -2.04. The van der Waals surface area contributed by atoms with Crippen LogP contribution in [0.15, 0.2) is 52.4 Å². The van der Waals surface area contributed by atoms with Gasteiger partial charge in [-0.2, -0.15) is 10.3 Å². The molecule has 1 heterocycles. The lowest BCUT2D eigenvalue weighted by Crippen LogP contribution is -2.29. The Kier molecular flexibility index (Phi) is 5.73. The first kappa shape index (κ1) is 19.2. The molecule has 0 aliphatic carbocycles. The van der Waals surface area contributed by atoms with Gasteiger partial charge in [0.1, 0.15) is 11.6 Å². The molecule has 0 radical (unpaired) electrons. The SMILES string of the molecule is CCc1ccc(/C=N/n2[nH]nc(C(=O)NCc3cc(F)ccc3F)c2=O)cc1. The number of nitrogens with zero attached hydrogens (tertiary/aromatic N) is 3. The van der Waals surface area contributed by atoms with E-state index in [4.69, 9.17) is 0 Å². The Morgan fingerprint density at radius 1 is 1.25 bits per heavy atom. The molecule has 144 valence electrons. The largest absolute Gasteiger partial charge is 0.346 e. The lowest BCUT2D eigenvalue weighted by atomic mass is 10.1. The summed E-state index contributed by atoms with van der Waals surface area (Å²) in [7, 11) is 0. The average molecular weight is 385 g/mol. The first-order valence-electron chi connectivity index (χ1n) is 8.50. The van der Waals surface area contributed by atoms with E-state index in [1.165, 1.54) is 11.8 Å². The highest BCUT2D eigenvalue weighted by Gasteiger charge is 2.17. The molecule has 0 atom stereocenters. The van der Waals surface area contributed by atoms with Crippen molar-refractivity contribution >= 4 is 12.1 Å². The molecule has 0 fully saturated rings. The van der Waals surface area contributed by atoms with E-state index in [0.29, 0.717) is 0 Å². The van der Waals surface area contributed by atoms with Crippen LogP contribution in [0.3, 0.4) is 0 Å². The highest BCUT2D eigenvalue weighted by Crippen LogP contribution is 2.09. The fraction of sp³-hybridized carbons (Fsp3) is 0.158. The quantitative estimate of drug-likeness (QED) is 0.638. The molecule has 2 aromatic carbocycles. The summed E-state index contributed by atoms with van der Waals surface area (Å²) in [4.78, 5) is 25.2. The molecular weight excluding hydrogens is 368 g/mol. The van der Waals surface area contributed by atoms with Gasteiger partial charge in [-0.05, 0) is 35.7 Å². The van der Waals surface area contributed by atoms with Crippen molar-refractivity contribution in [3.8, 4) is 0 Å². The second kappa shape index (κ2) is 8.38. The molecule has 0 aliphatic rings. The lowest BCUT2D eigenvalue weighted by molar-refractivity contribution is 0.0944. The summed E-state index contributed by atoms with van der Waals surface area (Å²) in [6.07, 6.45) is 2.36. The fourth-order valence-electron chi connectivity index (χ4n) is 2.42. The standard InChI is InChI=1S/C19H17F2N5O2/c1-2-12-3-5-13(6-4-12)10-23-26-19(28)17(24-25-26)18(27)22-11-14-9-15(20)7-8-16(14)21/h3-10,25H,2,11H2,1H3,(H,22,27)/b23-10+. The second-order valence-corrected chi connectivity index (χ2v) is 5.94. The summed E-state index contributed by atoms with van der Waals surface area (Å²) < 4.78 is 26.8. The summed E-state index contributed by atoms with van der Waals surface area (Å²) in [5.41, 5.74) is 0.697. The topological polar surface area (TPSA) is 92.1 Å². The fourth-order valence-corrected chi connectivity index (χ4v) is 2.42. The number of nitrogens with one attached hydrogen (secondary N) is 2. The molecule has 1 aromatic heterocycles. The highest BCUT2D eigenvalue weighted by molar-refractivity contribution is 5.91. The van der Waals surface area contributed by atoms with Gasteiger partial charge in [-0.1, -0.05) is 31.2 Å². The minimum atomic E-state index is -0.828. The van der Waals surface area contributed by atoms with Crippen LogP contribution in [-0.2, 0) is 13.0 Å². The van der Waals surface area contributed by atoms with Crippen molar-refractivity contribution in [3.63, 3.8) is 0 Å². The molecular formula is C19H17F2N5O2. The normalized spacial score (nSPS) is 11.1. The highest BCUT2D eigenvalue weighted by atomic mass is 19.1.